The van der Waals surface area contributed by atoms with Gasteiger partial charge >= 0.3 is 0 Å². The van der Waals surface area contributed by atoms with Crippen molar-refractivity contribution >= 4 is 17.5 Å². The number of amides is 2. The molecule has 128 valence electrons. The van der Waals surface area contributed by atoms with E-state index in [-0.39, 0.29) is 24.8 Å². The van der Waals surface area contributed by atoms with Crippen molar-refractivity contribution in [3.63, 3.8) is 0 Å². The third kappa shape index (κ3) is 3.55. The van der Waals surface area contributed by atoms with Gasteiger partial charge in [-0.2, -0.15) is 0 Å². The molecule has 3 rings (SSSR count). The molecular formula is C17H21N3O4. The van der Waals surface area contributed by atoms with E-state index in [0.29, 0.717) is 5.69 Å². The highest BCUT2D eigenvalue weighted by Gasteiger charge is 2.55. The van der Waals surface area contributed by atoms with Gasteiger partial charge in [0.15, 0.2) is 0 Å². The van der Waals surface area contributed by atoms with Crippen LogP contribution in [0.15, 0.2) is 30.3 Å². The molecule has 2 amide bonds. The van der Waals surface area contributed by atoms with Crippen LogP contribution in [0.4, 0.5) is 5.69 Å². The highest BCUT2D eigenvalue weighted by molar-refractivity contribution is 6.01. The lowest BCUT2D eigenvalue weighted by molar-refractivity contribution is -0.497. The molecule has 0 N–H and O–H groups in total. The van der Waals surface area contributed by atoms with Gasteiger partial charge in [0.25, 0.3) is 0 Å². The quantitative estimate of drug-likeness (QED) is 0.607. The maximum atomic E-state index is 12.7. The van der Waals surface area contributed by atoms with E-state index in [9.17, 15) is 19.7 Å². The number of nitro groups is 1. The fourth-order valence-corrected chi connectivity index (χ4v) is 3.16. The van der Waals surface area contributed by atoms with E-state index in [1.54, 1.807) is 29.2 Å². The number of para-hydroxylation sites is 1. The molecule has 1 saturated heterocycles. The summed E-state index contributed by atoms with van der Waals surface area (Å²) in [6, 6.07) is 8.11. The van der Waals surface area contributed by atoms with Gasteiger partial charge in [0.2, 0.25) is 17.9 Å². The minimum Gasteiger partial charge on any atom is -0.341 e. The largest absolute Gasteiger partial charge is 0.341 e. The minimum atomic E-state index is -0.811. The molecular weight excluding hydrogens is 310 g/mol. The first kappa shape index (κ1) is 16.4. The zero-order valence-electron chi connectivity index (χ0n) is 13.5. The Morgan fingerprint density at radius 3 is 2.42 bits per heavy atom. The van der Waals surface area contributed by atoms with Crippen LogP contribution >= 0.6 is 0 Å². The number of piperidine rings is 1. The fraction of sp³-hybridized carbons (Fsp3) is 0.529. The Hall–Kier alpha value is -2.44. The van der Waals surface area contributed by atoms with Gasteiger partial charge in [-0.1, -0.05) is 18.2 Å². The molecule has 1 saturated carbocycles. The summed E-state index contributed by atoms with van der Waals surface area (Å²) in [6.45, 7) is 1.39. The van der Waals surface area contributed by atoms with Crippen LogP contribution in [0, 0.1) is 16.0 Å². The van der Waals surface area contributed by atoms with E-state index < -0.39 is 16.9 Å². The first-order valence-corrected chi connectivity index (χ1v) is 8.35. The van der Waals surface area contributed by atoms with Crippen molar-refractivity contribution in [1.82, 2.24) is 4.90 Å². The number of nitrogens with zero attached hydrogens (tertiary/aromatic N) is 3. The summed E-state index contributed by atoms with van der Waals surface area (Å²) in [5.74, 6) is -1.03. The topological polar surface area (TPSA) is 83.8 Å². The van der Waals surface area contributed by atoms with Gasteiger partial charge in [-0.05, 0) is 31.4 Å². The summed E-state index contributed by atoms with van der Waals surface area (Å²) in [5, 5.41) is 10.9. The lowest BCUT2D eigenvalue weighted by atomic mass is 10.1. The number of benzene rings is 1. The molecule has 24 heavy (non-hydrogen) atoms. The third-order valence-electron chi connectivity index (χ3n) is 4.68. The van der Waals surface area contributed by atoms with Crippen LogP contribution in [-0.2, 0) is 9.59 Å². The standard InChI is InChI=1S/C17H21N3O4/c21-16(18-9-5-2-6-10-18)12-19(13-7-3-1-4-8-13)17(22)14-11-15(14)20(23)24/h1,3-4,7-8,14-15H,2,5-6,9-12H2/t14-,15+/m0/s1. The lowest BCUT2D eigenvalue weighted by Crippen LogP contribution is -2.45. The van der Waals surface area contributed by atoms with Gasteiger partial charge < -0.3 is 9.80 Å². The molecule has 0 bridgehead atoms. The Kier molecular flexibility index (Phi) is 4.78. The van der Waals surface area contributed by atoms with Gasteiger partial charge in [-0.25, -0.2) is 0 Å². The second-order valence-electron chi connectivity index (χ2n) is 6.40. The van der Waals surface area contributed by atoms with Crippen molar-refractivity contribution in [3.05, 3.63) is 40.4 Å². The first-order valence-electron chi connectivity index (χ1n) is 8.35. The molecule has 2 aliphatic rings. The Morgan fingerprint density at radius 2 is 1.83 bits per heavy atom. The summed E-state index contributed by atoms with van der Waals surface area (Å²) in [5.41, 5.74) is 0.613. The number of likely N-dealkylation sites (tertiary alicyclic amines) is 1. The SMILES string of the molecule is O=C(CN(C(=O)[C@H]1C[C@H]1[N+](=O)[O-])c1ccccc1)N1CCCCC1. The normalized spacial score (nSPS) is 22.8. The smallest absolute Gasteiger partial charge is 0.242 e. The molecule has 7 heteroatoms. The van der Waals surface area contributed by atoms with Crippen molar-refractivity contribution in [2.75, 3.05) is 24.5 Å². The second kappa shape index (κ2) is 6.98. The highest BCUT2D eigenvalue weighted by Crippen LogP contribution is 2.36. The second-order valence-corrected chi connectivity index (χ2v) is 6.40. The van der Waals surface area contributed by atoms with Gasteiger partial charge in [-0.3, -0.25) is 19.7 Å². The van der Waals surface area contributed by atoms with E-state index in [4.69, 9.17) is 0 Å². The summed E-state index contributed by atoms with van der Waals surface area (Å²) < 4.78 is 0. The van der Waals surface area contributed by atoms with Crippen LogP contribution in [0.5, 0.6) is 0 Å². The van der Waals surface area contributed by atoms with Crippen LogP contribution in [0.1, 0.15) is 25.7 Å². The van der Waals surface area contributed by atoms with Crippen LogP contribution in [0.3, 0.4) is 0 Å². The van der Waals surface area contributed by atoms with Gasteiger partial charge in [-0.15, -0.1) is 0 Å². The van der Waals surface area contributed by atoms with E-state index in [1.165, 1.54) is 4.90 Å². The number of hydrogen-bond acceptors (Lipinski definition) is 4. The molecule has 2 fully saturated rings. The number of hydrogen-bond donors (Lipinski definition) is 0. The molecule has 0 spiro atoms. The van der Waals surface area contributed by atoms with Gasteiger partial charge in [0.1, 0.15) is 12.5 Å². The summed E-state index contributed by atoms with van der Waals surface area (Å²) in [6.07, 6.45) is 3.35. The monoisotopic (exact) mass is 331 g/mol. The summed E-state index contributed by atoms with van der Waals surface area (Å²) in [7, 11) is 0. The number of anilines is 1. The maximum absolute atomic E-state index is 12.7. The summed E-state index contributed by atoms with van der Waals surface area (Å²) >= 11 is 0. The van der Waals surface area contributed by atoms with Gasteiger partial charge in [0, 0.05) is 30.1 Å². The summed E-state index contributed by atoms with van der Waals surface area (Å²) in [4.78, 5) is 38.9. The van der Waals surface area contributed by atoms with Crippen LogP contribution < -0.4 is 4.90 Å². The lowest BCUT2D eigenvalue weighted by Gasteiger charge is -2.30. The van der Waals surface area contributed by atoms with E-state index >= 15 is 0 Å². The third-order valence-corrected chi connectivity index (χ3v) is 4.68. The molecule has 1 heterocycles. The highest BCUT2D eigenvalue weighted by atomic mass is 16.6. The zero-order chi connectivity index (χ0) is 17.1. The van der Waals surface area contributed by atoms with E-state index in [2.05, 4.69) is 0 Å². The van der Waals surface area contributed by atoms with Crippen molar-refractivity contribution in [2.45, 2.75) is 31.7 Å². The average Bonchev–Trinajstić information content (AvgIpc) is 3.41. The van der Waals surface area contributed by atoms with Crippen molar-refractivity contribution in [1.29, 1.82) is 0 Å². The Morgan fingerprint density at radius 1 is 1.17 bits per heavy atom. The van der Waals surface area contributed by atoms with Crippen molar-refractivity contribution < 1.29 is 14.5 Å². The molecule has 1 aromatic rings. The van der Waals surface area contributed by atoms with E-state index in [0.717, 1.165) is 32.4 Å². The molecule has 0 radical (unpaired) electrons. The van der Waals surface area contributed by atoms with Crippen molar-refractivity contribution in [2.24, 2.45) is 5.92 Å². The molecule has 1 aliphatic heterocycles. The Labute approximate surface area is 140 Å². The molecule has 0 aromatic heterocycles. The van der Waals surface area contributed by atoms with Crippen molar-refractivity contribution in [3.8, 4) is 0 Å². The van der Waals surface area contributed by atoms with E-state index in [1.807, 2.05) is 6.07 Å². The molecule has 1 aliphatic carbocycles. The fourth-order valence-electron chi connectivity index (χ4n) is 3.16. The van der Waals surface area contributed by atoms with Crippen LogP contribution in [-0.4, -0.2) is 47.3 Å². The average molecular weight is 331 g/mol. The predicted octanol–water partition coefficient (Wildman–Crippen LogP) is 1.70. The maximum Gasteiger partial charge on any atom is 0.242 e. The first-order chi connectivity index (χ1) is 11.6. The zero-order valence-corrected chi connectivity index (χ0v) is 13.5. The molecule has 2 atom stereocenters. The minimum absolute atomic E-state index is 0.0518. The van der Waals surface area contributed by atoms with Crippen LogP contribution in [0.25, 0.3) is 0 Å². The number of carbonyl (C=O) groups is 2. The number of rotatable bonds is 5. The Bertz CT molecular complexity index is 628. The van der Waals surface area contributed by atoms with Crippen LogP contribution in [0.2, 0.25) is 0 Å². The predicted molar refractivity (Wildman–Crippen MR) is 88.1 cm³/mol. The molecule has 0 unspecified atom stereocenters. The molecule has 1 aromatic carbocycles. The van der Waals surface area contributed by atoms with Gasteiger partial charge in [0.05, 0.1) is 0 Å². The number of carbonyl (C=O) groups excluding carboxylic acids is 2. The Balaban J connectivity index is 1.74. The molecule has 7 nitrogen and oxygen atoms in total.